The normalized spacial score (nSPS) is 23.6. The van der Waals surface area contributed by atoms with Crippen molar-refractivity contribution in [1.29, 1.82) is 0 Å². The maximum absolute atomic E-state index is 11.9. The van der Waals surface area contributed by atoms with E-state index >= 15 is 0 Å². The van der Waals surface area contributed by atoms with Gasteiger partial charge in [0.05, 0.1) is 6.20 Å². The highest BCUT2D eigenvalue weighted by atomic mass is 16.3. The molecule has 0 radical (unpaired) electrons. The van der Waals surface area contributed by atoms with Crippen molar-refractivity contribution < 1.29 is 9.90 Å². The lowest BCUT2D eigenvalue weighted by Crippen LogP contribution is -2.43. The Hall–Kier alpha value is -1.69. The van der Waals surface area contributed by atoms with Crippen LogP contribution in [0.1, 0.15) is 36.2 Å². The smallest absolute Gasteiger partial charge is 0.271 e. The van der Waals surface area contributed by atoms with E-state index in [1.165, 1.54) is 6.20 Å². The SMILES string of the molecule is O=C(NC1CCCCC1CO)c1c[nH]c(=O)cn1. The lowest BCUT2D eigenvalue weighted by molar-refractivity contribution is 0.0867. The molecule has 18 heavy (non-hydrogen) atoms. The van der Waals surface area contributed by atoms with Crippen LogP contribution in [0.3, 0.4) is 0 Å². The Labute approximate surface area is 104 Å². The first-order valence-corrected chi connectivity index (χ1v) is 6.17. The van der Waals surface area contributed by atoms with Crippen molar-refractivity contribution in [3.8, 4) is 0 Å². The summed E-state index contributed by atoms with van der Waals surface area (Å²) in [6.07, 6.45) is 6.34. The van der Waals surface area contributed by atoms with E-state index in [4.69, 9.17) is 0 Å². The molecule has 2 rings (SSSR count). The van der Waals surface area contributed by atoms with Gasteiger partial charge in [0, 0.05) is 24.8 Å². The molecule has 0 aliphatic heterocycles. The van der Waals surface area contributed by atoms with Crippen LogP contribution in [-0.2, 0) is 0 Å². The summed E-state index contributed by atoms with van der Waals surface area (Å²) >= 11 is 0. The van der Waals surface area contributed by atoms with E-state index in [2.05, 4.69) is 15.3 Å². The van der Waals surface area contributed by atoms with Gasteiger partial charge in [-0.15, -0.1) is 0 Å². The summed E-state index contributed by atoms with van der Waals surface area (Å²) in [6.45, 7) is 0.0873. The van der Waals surface area contributed by atoms with Crippen molar-refractivity contribution in [3.63, 3.8) is 0 Å². The predicted octanol–water partition coefficient (Wildman–Crippen LogP) is 0.0508. The van der Waals surface area contributed by atoms with E-state index in [1.54, 1.807) is 0 Å². The Kier molecular flexibility index (Phi) is 4.09. The van der Waals surface area contributed by atoms with Gasteiger partial charge >= 0.3 is 0 Å². The van der Waals surface area contributed by atoms with Crippen LogP contribution < -0.4 is 10.9 Å². The molecule has 0 bridgehead atoms. The molecule has 1 saturated carbocycles. The molecular weight excluding hydrogens is 234 g/mol. The number of amides is 1. The van der Waals surface area contributed by atoms with Crippen molar-refractivity contribution >= 4 is 5.91 Å². The maximum Gasteiger partial charge on any atom is 0.271 e. The van der Waals surface area contributed by atoms with Gasteiger partial charge in [0.2, 0.25) is 0 Å². The van der Waals surface area contributed by atoms with Gasteiger partial charge in [0.1, 0.15) is 5.69 Å². The quantitative estimate of drug-likeness (QED) is 0.707. The van der Waals surface area contributed by atoms with E-state index < -0.39 is 0 Å². The largest absolute Gasteiger partial charge is 0.396 e. The number of nitrogens with zero attached hydrogens (tertiary/aromatic N) is 1. The van der Waals surface area contributed by atoms with Gasteiger partial charge in [-0.05, 0) is 12.8 Å². The molecule has 1 aromatic heterocycles. The minimum absolute atomic E-state index is 0.00928. The van der Waals surface area contributed by atoms with Crippen molar-refractivity contribution in [1.82, 2.24) is 15.3 Å². The van der Waals surface area contributed by atoms with Gasteiger partial charge in [0.25, 0.3) is 11.5 Å². The third-order valence-corrected chi connectivity index (χ3v) is 3.36. The number of hydrogen-bond acceptors (Lipinski definition) is 4. The third-order valence-electron chi connectivity index (χ3n) is 3.36. The molecule has 6 heteroatoms. The average Bonchev–Trinajstić information content (AvgIpc) is 2.40. The highest BCUT2D eigenvalue weighted by molar-refractivity contribution is 5.92. The van der Waals surface area contributed by atoms with Gasteiger partial charge in [-0.1, -0.05) is 12.8 Å². The molecule has 3 N–H and O–H groups in total. The van der Waals surface area contributed by atoms with Crippen LogP contribution in [0.2, 0.25) is 0 Å². The number of nitrogens with one attached hydrogen (secondary N) is 2. The van der Waals surface area contributed by atoms with Crippen LogP contribution in [0.25, 0.3) is 0 Å². The number of aliphatic hydroxyl groups excluding tert-OH is 1. The van der Waals surface area contributed by atoms with Gasteiger partial charge in [-0.25, -0.2) is 4.98 Å². The van der Waals surface area contributed by atoms with Crippen LogP contribution in [0, 0.1) is 5.92 Å². The number of carbonyl (C=O) groups is 1. The first kappa shape index (κ1) is 12.8. The van der Waals surface area contributed by atoms with Crippen molar-refractivity contribution in [2.45, 2.75) is 31.7 Å². The number of rotatable bonds is 3. The van der Waals surface area contributed by atoms with E-state index in [0.717, 1.165) is 31.9 Å². The zero-order valence-electron chi connectivity index (χ0n) is 10.1. The molecule has 98 valence electrons. The Morgan fingerprint density at radius 2 is 2.28 bits per heavy atom. The highest BCUT2D eigenvalue weighted by Gasteiger charge is 2.26. The van der Waals surface area contributed by atoms with Gasteiger partial charge in [0.15, 0.2) is 0 Å². The number of aromatic nitrogens is 2. The lowest BCUT2D eigenvalue weighted by atomic mass is 9.85. The molecule has 0 saturated heterocycles. The Morgan fingerprint density at radius 3 is 2.94 bits per heavy atom. The van der Waals surface area contributed by atoms with Crippen LogP contribution in [0.5, 0.6) is 0 Å². The molecule has 1 amide bonds. The lowest BCUT2D eigenvalue weighted by Gasteiger charge is -2.30. The van der Waals surface area contributed by atoms with Gasteiger partial charge < -0.3 is 15.4 Å². The van der Waals surface area contributed by atoms with Crippen molar-refractivity contribution in [2.75, 3.05) is 6.61 Å². The topological polar surface area (TPSA) is 95.1 Å². The molecule has 2 unspecified atom stereocenters. The van der Waals surface area contributed by atoms with Crippen LogP contribution >= 0.6 is 0 Å². The van der Waals surface area contributed by atoms with E-state index in [-0.39, 0.29) is 35.7 Å². The van der Waals surface area contributed by atoms with Crippen molar-refractivity contribution in [3.05, 3.63) is 28.4 Å². The predicted molar refractivity (Wildman–Crippen MR) is 65.2 cm³/mol. The summed E-state index contributed by atoms with van der Waals surface area (Å²) in [7, 11) is 0. The van der Waals surface area contributed by atoms with E-state index in [1.807, 2.05) is 0 Å². The zero-order valence-corrected chi connectivity index (χ0v) is 10.1. The third kappa shape index (κ3) is 2.95. The summed E-state index contributed by atoms with van der Waals surface area (Å²) in [6, 6.07) is -0.00928. The molecule has 1 heterocycles. The number of aliphatic hydroxyl groups is 1. The number of aromatic amines is 1. The van der Waals surface area contributed by atoms with Crippen molar-refractivity contribution in [2.24, 2.45) is 5.92 Å². The monoisotopic (exact) mass is 251 g/mol. The van der Waals surface area contributed by atoms with Crippen LogP contribution in [0.4, 0.5) is 0 Å². The number of carbonyl (C=O) groups excluding carboxylic acids is 1. The minimum atomic E-state index is -0.336. The Morgan fingerprint density at radius 1 is 1.50 bits per heavy atom. The molecule has 1 aliphatic rings. The summed E-state index contributed by atoms with van der Waals surface area (Å²) in [4.78, 5) is 28.9. The number of hydrogen-bond donors (Lipinski definition) is 3. The van der Waals surface area contributed by atoms with Gasteiger partial charge in [-0.2, -0.15) is 0 Å². The van der Waals surface area contributed by atoms with Crippen LogP contribution in [0.15, 0.2) is 17.2 Å². The van der Waals surface area contributed by atoms with Gasteiger partial charge in [-0.3, -0.25) is 9.59 Å². The standard InChI is InChI=1S/C12H17N3O3/c16-7-8-3-1-2-4-9(8)15-12(18)10-5-14-11(17)6-13-10/h5-6,8-9,16H,1-4,7H2,(H,14,17)(H,15,18). The summed E-state index contributed by atoms with van der Waals surface area (Å²) < 4.78 is 0. The average molecular weight is 251 g/mol. The molecular formula is C12H17N3O3. The Balaban J connectivity index is 2.01. The molecule has 0 aromatic carbocycles. The first-order chi connectivity index (χ1) is 8.70. The second-order valence-electron chi connectivity index (χ2n) is 4.60. The minimum Gasteiger partial charge on any atom is -0.396 e. The highest BCUT2D eigenvalue weighted by Crippen LogP contribution is 2.24. The molecule has 2 atom stereocenters. The summed E-state index contributed by atoms with van der Waals surface area (Å²) in [5.41, 5.74) is -0.144. The van der Waals surface area contributed by atoms with E-state index in [0.29, 0.717) is 0 Å². The second-order valence-corrected chi connectivity index (χ2v) is 4.60. The first-order valence-electron chi connectivity index (χ1n) is 6.17. The fourth-order valence-electron chi connectivity index (χ4n) is 2.32. The molecule has 1 aliphatic carbocycles. The second kappa shape index (κ2) is 5.77. The Bertz CT molecular complexity index is 451. The number of H-pyrrole nitrogens is 1. The molecule has 1 fully saturated rings. The fraction of sp³-hybridized carbons (Fsp3) is 0.583. The molecule has 0 spiro atoms. The maximum atomic E-state index is 11.9. The zero-order chi connectivity index (χ0) is 13.0. The molecule has 6 nitrogen and oxygen atoms in total. The summed E-state index contributed by atoms with van der Waals surface area (Å²) in [5.74, 6) is -0.193. The fourth-order valence-corrected chi connectivity index (χ4v) is 2.32. The summed E-state index contributed by atoms with van der Waals surface area (Å²) in [5, 5.41) is 12.1. The molecule has 1 aromatic rings. The van der Waals surface area contributed by atoms with Crippen LogP contribution in [-0.4, -0.2) is 33.6 Å². The van der Waals surface area contributed by atoms with E-state index in [9.17, 15) is 14.7 Å².